The fraction of sp³-hybridized carbons (Fsp3) is 0.222. The summed E-state index contributed by atoms with van der Waals surface area (Å²) in [5, 5.41) is 11.9. The van der Waals surface area contributed by atoms with Gasteiger partial charge in [-0.1, -0.05) is 91.0 Å². The van der Waals surface area contributed by atoms with Crippen LogP contribution < -0.4 is 11.1 Å². The molecular weight excluding hydrogens is 398 g/mol. The maximum Gasteiger partial charge on any atom is 0.240 e. The number of nitriles is 1. The number of hydrogen-bond acceptors (Lipinski definition) is 3. The second-order valence-corrected chi connectivity index (χ2v) is 7.97. The molecule has 0 saturated carbocycles. The molecule has 3 aromatic rings. The van der Waals surface area contributed by atoms with E-state index >= 15 is 0 Å². The highest BCUT2D eigenvalue weighted by molar-refractivity contribution is 5.88. The van der Waals surface area contributed by atoms with E-state index in [1.54, 1.807) is 6.92 Å². The highest BCUT2D eigenvalue weighted by Gasteiger charge is 2.39. The molecule has 0 heterocycles. The summed E-state index contributed by atoms with van der Waals surface area (Å²) in [5.74, 6) is -1.37. The Morgan fingerprint density at radius 3 is 1.62 bits per heavy atom. The summed E-state index contributed by atoms with van der Waals surface area (Å²) in [6.45, 7) is 1.70. The number of nitrogens with one attached hydrogen (secondary N) is 1. The number of nitrogens with two attached hydrogens (primary N) is 1. The van der Waals surface area contributed by atoms with E-state index in [0.29, 0.717) is 0 Å². The van der Waals surface area contributed by atoms with Crippen molar-refractivity contribution in [2.45, 2.75) is 31.2 Å². The second-order valence-electron chi connectivity index (χ2n) is 7.97. The minimum Gasteiger partial charge on any atom is -0.368 e. The van der Waals surface area contributed by atoms with Gasteiger partial charge in [-0.2, -0.15) is 5.26 Å². The van der Waals surface area contributed by atoms with E-state index in [9.17, 15) is 9.59 Å². The van der Waals surface area contributed by atoms with Gasteiger partial charge in [0, 0.05) is 12.3 Å². The van der Waals surface area contributed by atoms with Gasteiger partial charge in [-0.15, -0.1) is 0 Å². The summed E-state index contributed by atoms with van der Waals surface area (Å²) in [4.78, 5) is 25.3. The van der Waals surface area contributed by atoms with E-state index in [2.05, 4.69) is 11.4 Å². The molecule has 3 aromatic carbocycles. The molecule has 0 spiro atoms. The average molecular weight is 426 g/mol. The lowest BCUT2D eigenvalue weighted by Crippen LogP contribution is -2.47. The molecule has 0 aliphatic carbocycles. The fourth-order valence-corrected chi connectivity index (χ4v) is 4.11. The molecular formula is C27H27N3O2. The highest BCUT2D eigenvalue weighted by Crippen LogP contribution is 2.42. The standard InChI is InChI=1S/C27H27N3O2/c1-20(19-28)17-24(26(29)32)30-25(31)18-27(21-11-5-2-6-12-21,22-13-7-3-8-14-22)23-15-9-4-10-16-23/h2-16,20,24H,17-18H2,1H3,(H2,29,32)(H,30,31)/t20-,24+/m1/s1. The lowest BCUT2D eigenvalue weighted by atomic mass is 9.67. The number of hydrogen-bond donors (Lipinski definition) is 2. The van der Waals surface area contributed by atoms with Crippen molar-refractivity contribution in [3.05, 3.63) is 108 Å². The van der Waals surface area contributed by atoms with Crippen molar-refractivity contribution in [3.63, 3.8) is 0 Å². The van der Waals surface area contributed by atoms with Crippen molar-refractivity contribution in [3.8, 4) is 6.07 Å². The zero-order chi connectivity index (χ0) is 23.0. The molecule has 3 rings (SSSR count). The van der Waals surface area contributed by atoms with Gasteiger partial charge in [0.15, 0.2) is 0 Å². The average Bonchev–Trinajstić information content (AvgIpc) is 2.83. The van der Waals surface area contributed by atoms with E-state index in [4.69, 9.17) is 11.0 Å². The molecule has 0 aliphatic rings. The van der Waals surface area contributed by atoms with Crippen LogP contribution in [0.4, 0.5) is 0 Å². The maximum atomic E-state index is 13.4. The van der Waals surface area contributed by atoms with E-state index in [-0.39, 0.29) is 18.7 Å². The van der Waals surface area contributed by atoms with Crippen molar-refractivity contribution in [2.24, 2.45) is 11.7 Å². The molecule has 0 unspecified atom stereocenters. The van der Waals surface area contributed by atoms with Gasteiger partial charge in [0.05, 0.1) is 11.5 Å². The third-order valence-corrected chi connectivity index (χ3v) is 5.71. The topological polar surface area (TPSA) is 96.0 Å². The monoisotopic (exact) mass is 425 g/mol. The van der Waals surface area contributed by atoms with Crippen LogP contribution >= 0.6 is 0 Å². The normalized spacial score (nSPS) is 12.9. The van der Waals surface area contributed by atoms with Crippen molar-refractivity contribution in [1.29, 1.82) is 5.26 Å². The minimum atomic E-state index is -0.905. The summed E-state index contributed by atoms with van der Waals surface area (Å²) in [6, 6.07) is 30.8. The molecule has 0 saturated heterocycles. The van der Waals surface area contributed by atoms with Gasteiger partial charge < -0.3 is 11.1 Å². The molecule has 0 radical (unpaired) electrons. The number of carbonyl (C=O) groups is 2. The van der Waals surface area contributed by atoms with Gasteiger partial charge in [0.25, 0.3) is 0 Å². The predicted molar refractivity (Wildman–Crippen MR) is 124 cm³/mol. The number of rotatable bonds is 9. The van der Waals surface area contributed by atoms with E-state index < -0.39 is 23.3 Å². The summed E-state index contributed by atoms with van der Waals surface area (Å²) in [7, 11) is 0. The van der Waals surface area contributed by atoms with Crippen molar-refractivity contribution < 1.29 is 9.59 Å². The number of nitrogens with zero attached hydrogens (tertiary/aromatic N) is 1. The smallest absolute Gasteiger partial charge is 0.240 e. The summed E-state index contributed by atoms with van der Waals surface area (Å²) in [6.07, 6.45) is 0.252. The van der Waals surface area contributed by atoms with Gasteiger partial charge >= 0.3 is 0 Å². The summed E-state index contributed by atoms with van der Waals surface area (Å²) >= 11 is 0. The van der Waals surface area contributed by atoms with Crippen molar-refractivity contribution in [1.82, 2.24) is 5.32 Å². The first-order valence-corrected chi connectivity index (χ1v) is 10.6. The minimum absolute atomic E-state index is 0.0791. The number of benzene rings is 3. The molecule has 5 heteroatoms. The van der Waals surface area contributed by atoms with Crippen LogP contribution in [-0.4, -0.2) is 17.9 Å². The third-order valence-electron chi connectivity index (χ3n) is 5.71. The van der Waals surface area contributed by atoms with E-state index in [1.165, 1.54) is 0 Å². The summed E-state index contributed by atoms with van der Waals surface area (Å²) < 4.78 is 0. The second kappa shape index (κ2) is 10.4. The largest absolute Gasteiger partial charge is 0.368 e. The Hall–Kier alpha value is -3.91. The molecule has 32 heavy (non-hydrogen) atoms. The zero-order valence-electron chi connectivity index (χ0n) is 18.1. The van der Waals surface area contributed by atoms with Gasteiger partial charge in [0.1, 0.15) is 6.04 Å². The molecule has 5 nitrogen and oxygen atoms in total. The van der Waals surface area contributed by atoms with Crippen LogP contribution in [0, 0.1) is 17.2 Å². The molecule has 0 aromatic heterocycles. The van der Waals surface area contributed by atoms with Gasteiger partial charge in [-0.3, -0.25) is 9.59 Å². The van der Waals surface area contributed by atoms with Crippen molar-refractivity contribution >= 4 is 11.8 Å². The fourth-order valence-electron chi connectivity index (χ4n) is 4.11. The summed E-state index contributed by atoms with van der Waals surface area (Å²) in [5.41, 5.74) is 7.65. The van der Waals surface area contributed by atoms with Gasteiger partial charge in [0.2, 0.25) is 11.8 Å². The Morgan fingerprint density at radius 2 is 1.28 bits per heavy atom. The van der Waals surface area contributed by atoms with Crippen LogP contribution in [-0.2, 0) is 15.0 Å². The first-order chi connectivity index (χ1) is 15.5. The molecule has 2 amide bonds. The molecule has 0 aliphatic heterocycles. The van der Waals surface area contributed by atoms with Crippen LogP contribution in [0.1, 0.15) is 36.5 Å². The van der Waals surface area contributed by atoms with Gasteiger partial charge in [-0.25, -0.2) is 0 Å². The van der Waals surface area contributed by atoms with Crippen LogP contribution in [0.5, 0.6) is 0 Å². The van der Waals surface area contributed by atoms with Crippen LogP contribution in [0.15, 0.2) is 91.0 Å². The maximum absolute atomic E-state index is 13.4. The Morgan fingerprint density at radius 1 is 0.875 bits per heavy atom. The first-order valence-electron chi connectivity index (χ1n) is 10.6. The third kappa shape index (κ3) is 5.04. The lowest BCUT2D eigenvalue weighted by molar-refractivity contribution is -0.128. The van der Waals surface area contributed by atoms with Gasteiger partial charge in [-0.05, 0) is 30.0 Å². The number of amides is 2. The molecule has 2 atom stereocenters. The highest BCUT2D eigenvalue weighted by atomic mass is 16.2. The molecule has 0 fully saturated rings. The van der Waals surface area contributed by atoms with E-state index in [1.807, 2.05) is 91.0 Å². The Balaban J connectivity index is 2.08. The zero-order valence-corrected chi connectivity index (χ0v) is 18.1. The van der Waals surface area contributed by atoms with Crippen LogP contribution in [0.25, 0.3) is 0 Å². The van der Waals surface area contributed by atoms with Crippen molar-refractivity contribution in [2.75, 3.05) is 0 Å². The van der Waals surface area contributed by atoms with Crippen LogP contribution in [0.3, 0.4) is 0 Å². The number of carbonyl (C=O) groups excluding carboxylic acids is 2. The first kappa shape index (κ1) is 22.8. The Labute approximate surface area is 188 Å². The quantitative estimate of drug-likeness (QED) is 0.509. The SMILES string of the molecule is C[C@@H](C#N)C[C@H](NC(=O)CC(c1ccccc1)(c1ccccc1)c1ccccc1)C(N)=O. The lowest BCUT2D eigenvalue weighted by Gasteiger charge is -2.36. The molecule has 162 valence electrons. The molecule has 3 N–H and O–H groups in total. The van der Waals surface area contributed by atoms with E-state index in [0.717, 1.165) is 16.7 Å². The number of primary amides is 1. The predicted octanol–water partition coefficient (Wildman–Crippen LogP) is 3.93. The Kier molecular flexibility index (Phi) is 7.41. The Bertz CT molecular complexity index is 979. The molecule has 0 bridgehead atoms. The van der Waals surface area contributed by atoms with Crippen LogP contribution in [0.2, 0.25) is 0 Å².